The zero-order valence-corrected chi connectivity index (χ0v) is 11.4. The molecule has 1 rings (SSSR count). The van der Waals surface area contributed by atoms with Gasteiger partial charge in [-0.15, -0.1) is 0 Å². The fourth-order valence-electron chi connectivity index (χ4n) is 1.04. The molecule has 16 heavy (non-hydrogen) atoms. The average molecular weight is 364 g/mol. The molecule has 1 aromatic carbocycles. The molecular formula is C9H8F3IO2S. The summed E-state index contributed by atoms with van der Waals surface area (Å²) in [5.74, 6) is 0.702. The molecule has 0 bridgehead atoms. The molecule has 1 aromatic rings. The van der Waals surface area contributed by atoms with E-state index in [2.05, 4.69) is 0 Å². The first-order valence-corrected chi connectivity index (χ1v) is 5.94. The summed E-state index contributed by atoms with van der Waals surface area (Å²) < 4.78 is 47.1. The van der Waals surface area contributed by atoms with Crippen LogP contribution in [-0.2, 0) is 0 Å². The zero-order valence-electron chi connectivity index (χ0n) is 8.39. The lowest BCUT2D eigenvalue weighted by atomic mass is 10.3. The summed E-state index contributed by atoms with van der Waals surface area (Å²) in [6.07, 6.45) is 0. The molecule has 0 aromatic heterocycles. The van der Waals surface area contributed by atoms with Crippen molar-refractivity contribution in [2.45, 2.75) is 10.4 Å². The van der Waals surface area contributed by atoms with Gasteiger partial charge < -0.3 is 9.47 Å². The van der Waals surface area contributed by atoms with Crippen LogP contribution in [0.2, 0.25) is 0 Å². The molecule has 0 heterocycles. The van der Waals surface area contributed by atoms with Crippen LogP contribution in [0.5, 0.6) is 11.5 Å². The minimum atomic E-state index is -4.31. The smallest absolute Gasteiger partial charge is 0.446 e. The van der Waals surface area contributed by atoms with Gasteiger partial charge in [0.2, 0.25) is 0 Å². The van der Waals surface area contributed by atoms with E-state index in [1.807, 2.05) is 22.6 Å². The van der Waals surface area contributed by atoms with Gasteiger partial charge in [0.05, 0.1) is 14.2 Å². The lowest BCUT2D eigenvalue weighted by molar-refractivity contribution is -0.0328. The molecule has 0 N–H and O–H groups in total. The summed E-state index contributed by atoms with van der Waals surface area (Å²) in [4.78, 5) is 0.103. The molecule has 0 fully saturated rings. The minimum Gasteiger partial charge on any atom is -0.493 e. The number of alkyl halides is 3. The highest BCUT2D eigenvalue weighted by Crippen LogP contribution is 2.42. The van der Waals surface area contributed by atoms with E-state index < -0.39 is 5.51 Å². The fraction of sp³-hybridized carbons (Fsp3) is 0.333. The van der Waals surface area contributed by atoms with Gasteiger partial charge in [0.15, 0.2) is 11.5 Å². The first-order chi connectivity index (χ1) is 7.37. The third kappa shape index (κ3) is 3.62. The SMILES string of the molecule is COc1cc(I)c(SC(F)(F)F)cc1OC. The summed E-state index contributed by atoms with van der Waals surface area (Å²) in [5, 5.41) is 0. The highest BCUT2D eigenvalue weighted by atomic mass is 127. The maximum Gasteiger partial charge on any atom is 0.446 e. The van der Waals surface area contributed by atoms with E-state index in [0.29, 0.717) is 9.32 Å². The summed E-state index contributed by atoms with van der Waals surface area (Å²) in [6.45, 7) is 0. The summed E-state index contributed by atoms with van der Waals surface area (Å²) in [6, 6.07) is 2.83. The minimum absolute atomic E-state index is 0.103. The number of methoxy groups -OCH3 is 2. The van der Waals surface area contributed by atoms with Gasteiger partial charge in [-0.05, 0) is 46.5 Å². The monoisotopic (exact) mass is 364 g/mol. The average Bonchev–Trinajstić information content (AvgIpc) is 2.18. The predicted octanol–water partition coefficient (Wildman–Crippen LogP) is 3.92. The number of ether oxygens (including phenoxy) is 2. The maximum absolute atomic E-state index is 12.2. The molecule has 0 atom stereocenters. The Morgan fingerprint density at radius 1 is 1.12 bits per heavy atom. The number of thioether (sulfide) groups is 1. The second kappa shape index (κ2) is 5.35. The maximum atomic E-state index is 12.2. The van der Waals surface area contributed by atoms with Crippen molar-refractivity contribution in [1.82, 2.24) is 0 Å². The third-order valence-electron chi connectivity index (χ3n) is 1.66. The van der Waals surface area contributed by atoms with E-state index in [9.17, 15) is 13.2 Å². The van der Waals surface area contributed by atoms with Crippen molar-refractivity contribution in [2.75, 3.05) is 14.2 Å². The quantitative estimate of drug-likeness (QED) is 0.599. The summed E-state index contributed by atoms with van der Waals surface area (Å²) in [5.41, 5.74) is -4.31. The van der Waals surface area contributed by atoms with E-state index in [0.717, 1.165) is 0 Å². The molecule has 0 saturated carbocycles. The highest BCUT2D eigenvalue weighted by molar-refractivity contribution is 14.1. The van der Waals surface area contributed by atoms with Gasteiger partial charge >= 0.3 is 5.51 Å². The highest BCUT2D eigenvalue weighted by Gasteiger charge is 2.30. The van der Waals surface area contributed by atoms with Crippen molar-refractivity contribution < 1.29 is 22.6 Å². The van der Waals surface area contributed by atoms with Crippen molar-refractivity contribution in [3.05, 3.63) is 15.7 Å². The fourth-order valence-corrected chi connectivity index (χ4v) is 2.38. The first kappa shape index (κ1) is 13.8. The lowest BCUT2D eigenvalue weighted by Crippen LogP contribution is -2.01. The topological polar surface area (TPSA) is 18.5 Å². The Labute approximate surface area is 109 Å². The van der Waals surface area contributed by atoms with Gasteiger partial charge in [0.25, 0.3) is 0 Å². The van der Waals surface area contributed by atoms with E-state index in [1.54, 1.807) is 0 Å². The molecule has 0 spiro atoms. The summed E-state index contributed by atoms with van der Waals surface area (Å²) >= 11 is 1.66. The van der Waals surface area contributed by atoms with Crippen LogP contribution in [0.4, 0.5) is 13.2 Å². The van der Waals surface area contributed by atoms with E-state index in [-0.39, 0.29) is 22.4 Å². The normalized spacial score (nSPS) is 11.4. The Bertz CT molecular complexity index is 382. The van der Waals surface area contributed by atoms with E-state index >= 15 is 0 Å². The van der Waals surface area contributed by atoms with Gasteiger partial charge in [-0.1, -0.05) is 0 Å². The van der Waals surface area contributed by atoms with Gasteiger partial charge in [0.1, 0.15) is 0 Å². The van der Waals surface area contributed by atoms with Crippen LogP contribution in [0.1, 0.15) is 0 Å². The van der Waals surface area contributed by atoms with Crippen LogP contribution in [-0.4, -0.2) is 19.7 Å². The van der Waals surface area contributed by atoms with Crippen molar-refractivity contribution >= 4 is 34.4 Å². The van der Waals surface area contributed by atoms with Gasteiger partial charge in [-0.25, -0.2) is 0 Å². The second-order valence-corrected chi connectivity index (χ2v) is 4.95. The van der Waals surface area contributed by atoms with E-state index in [4.69, 9.17) is 9.47 Å². The van der Waals surface area contributed by atoms with Crippen LogP contribution >= 0.6 is 34.4 Å². The van der Waals surface area contributed by atoms with Crippen LogP contribution in [0.3, 0.4) is 0 Å². The van der Waals surface area contributed by atoms with Crippen LogP contribution < -0.4 is 9.47 Å². The number of hydrogen-bond donors (Lipinski definition) is 0. The molecule has 0 unspecified atom stereocenters. The van der Waals surface area contributed by atoms with Crippen LogP contribution in [0.15, 0.2) is 17.0 Å². The molecule has 7 heteroatoms. The standard InChI is InChI=1S/C9H8F3IO2S/c1-14-6-3-5(13)8(4-7(6)15-2)16-9(10,11)12/h3-4H,1-2H3. The first-order valence-electron chi connectivity index (χ1n) is 4.04. The van der Waals surface area contributed by atoms with E-state index in [1.165, 1.54) is 26.4 Å². The van der Waals surface area contributed by atoms with Crippen LogP contribution in [0.25, 0.3) is 0 Å². The Morgan fingerprint density at radius 2 is 1.62 bits per heavy atom. The molecule has 0 amide bonds. The Morgan fingerprint density at radius 3 is 2.06 bits per heavy atom. The number of benzene rings is 1. The Hall–Kier alpha value is -0.310. The molecule has 2 nitrogen and oxygen atoms in total. The number of halogens is 4. The van der Waals surface area contributed by atoms with Gasteiger partial charge in [-0.2, -0.15) is 13.2 Å². The van der Waals surface area contributed by atoms with Crippen molar-refractivity contribution in [2.24, 2.45) is 0 Å². The molecule has 0 radical (unpaired) electrons. The molecular weight excluding hydrogens is 356 g/mol. The number of rotatable bonds is 3. The Balaban J connectivity index is 3.11. The second-order valence-electron chi connectivity index (χ2n) is 2.69. The molecule has 0 aliphatic carbocycles. The van der Waals surface area contributed by atoms with Gasteiger partial charge in [-0.3, -0.25) is 0 Å². The molecule has 0 saturated heterocycles. The van der Waals surface area contributed by atoms with Crippen molar-refractivity contribution in [3.63, 3.8) is 0 Å². The van der Waals surface area contributed by atoms with Crippen molar-refractivity contribution in [3.8, 4) is 11.5 Å². The Kier molecular flexibility index (Phi) is 4.60. The summed E-state index contributed by atoms with van der Waals surface area (Å²) in [7, 11) is 2.82. The third-order valence-corrected chi connectivity index (χ3v) is 3.71. The molecule has 0 aliphatic rings. The zero-order chi connectivity index (χ0) is 12.3. The van der Waals surface area contributed by atoms with Crippen LogP contribution in [0, 0.1) is 3.57 Å². The number of hydrogen-bond acceptors (Lipinski definition) is 3. The molecule has 0 aliphatic heterocycles. The predicted molar refractivity (Wildman–Crippen MR) is 64.2 cm³/mol. The molecule has 90 valence electrons. The largest absolute Gasteiger partial charge is 0.493 e. The lowest BCUT2D eigenvalue weighted by Gasteiger charge is -2.12. The van der Waals surface area contributed by atoms with Crippen molar-refractivity contribution in [1.29, 1.82) is 0 Å². The van der Waals surface area contributed by atoms with Gasteiger partial charge in [0, 0.05) is 8.47 Å².